The van der Waals surface area contributed by atoms with Crippen LogP contribution in [0.3, 0.4) is 0 Å². The van der Waals surface area contributed by atoms with Crippen molar-refractivity contribution in [3.05, 3.63) is 24.0 Å². The minimum Gasteiger partial charge on any atom is -0.381 e. The fourth-order valence-electron chi connectivity index (χ4n) is 3.56. The zero-order valence-electron chi connectivity index (χ0n) is 15.0. The van der Waals surface area contributed by atoms with E-state index in [1.54, 1.807) is 6.20 Å². The smallest absolute Gasteiger partial charge is 0.252 e. The summed E-state index contributed by atoms with van der Waals surface area (Å²) >= 11 is 0. The molecular formula is C19H30N4O2. The first-order valence-electron chi connectivity index (χ1n) is 9.61. The molecule has 0 aromatic carbocycles. The summed E-state index contributed by atoms with van der Waals surface area (Å²) in [5.41, 5.74) is 1.58. The molecule has 138 valence electrons. The maximum Gasteiger partial charge on any atom is 0.252 e. The van der Waals surface area contributed by atoms with E-state index in [1.807, 2.05) is 12.3 Å². The van der Waals surface area contributed by atoms with E-state index in [-0.39, 0.29) is 5.91 Å². The third-order valence-electron chi connectivity index (χ3n) is 5.04. The normalized spacial score (nSPS) is 20.0. The highest BCUT2D eigenvalue weighted by Crippen LogP contribution is 2.21. The summed E-state index contributed by atoms with van der Waals surface area (Å²) < 4.78 is 5.34. The molecule has 2 N–H and O–H groups in total. The van der Waals surface area contributed by atoms with Crippen molar-refractivity contribution in [1.29, 1.82) is 0 Å². The van der Waals surface area contributed by atoms with Gasteiger partial charge in [0.15, 0.2) is 0 Å². The molecule has 1 saturated heterocycles. The van der Waals surface area contributed by atoms with Crippen LogP contribution in [0.4, 0.5) is 5.69 Å². The number of ether oxygens (including phenoxy) is 1. The Labute approximate surface area is 150 Å². The maximum absolute atomic E-state index is 12.4. The predicted molar refractivity (Wildman–Crippen MR) is 98.9 cm³/mol. The van der Waals surface area contributed by atoms with E-state index in [4.69, 9.17) is 4.74 Å². The Hall–Kier alpha value is -1.66. The van der Waals surface area contributed by atoms with E-state index in [1.165, 1.54) is 38.5 Å². The Bertz CT molecular complexity index is 538. The lowest BCUT2D eigenvalue weighted by Gasteiger charge is -2.26. The molecule has 1 aromatic heterocycles. The van der Waals surface area contributed by atoms with Crippen molar-refractivity contribution < 1.29 is 9.53 Å². The lowest BCUT2D eigenvalue weighted by atomic mass is 10.1. The van der Waals surface area contributed by atoms with Gasteiger partial charge in [0.2, 0.25) is 0 Å². The Morgan fingerprint density at radius 2 is 1.92 bits per heavy atom. The molecule has 1 aromatic rings. The van der Waals surface area contributed by atoms with Crippen LogP contribution in [0, 0.1) is 0 Å². The highest BCUT2D eigenvalue weighted by Gasteiger charge is 2.14. The topological polar surface area (TPSA) is 66.5 Å². The second kappa shape index (κ2) is 9.73. The minimum atomic E-state index is -0.0507. The molecule has 0 radical (unpaired) electrons. The zero-order chi connectivity index (χ0) is 17.3. The van der Waals surface area contributed by atoms with Crippen LogP contribution < -0.4 is 10.6 Å². The van der Waals surface area contributed by atoms with Crippen LogP contribution in [-0.4, -0.2) is 61.2 Å². The van der Waals surface area contributed by atoms with E-state index in [0.29, 0.717) is 18.2 Å². The average Bonchev–Trinajstić information content (AvgIpc) is 2.91. The molecular weight excluding hydrogens is 316 g/mol. The molecule has 0 unspecified atom stereocenters. The van der Waals surface area contributed by atoms with Crippen molar-refractivity contribution in [2.45, 2.75) is 44.6 Å². The number of pyridine rings is 1. The van der Waals surface area contributed by atoms with Crippen LogP contribution in [0.15, 0.2) is 18.5 Å². The Morgan fingerprint density at radius 1 is 1.16 bits per heavy atom. The van der Waals surface area contributed by atoms with Crippen LogP contribution in [0.2, 0.25) is 0 Å². The number of rotatable bonds is 6. The van der Waals surface area contributed by atoms with Gasteiger partial charge in [-0.1, -0.05) is 25.7 Å². The summed E-state index contributed by atoms with van der Waals surface area (Å²) in [5, 5.41) is 6.56. The number of anilines is 1. The van der Waals surface area contributed by atoms with E-state index in [0.717, 1.165) is 38.5 Å². The zero-order valence-corrected chi connectivity index (χ0v) is 15.0. The molecule has 2 fully saturated rings. The monoisotopic (exact) mass is 346 g/mol. The Kier molecular flexibility index (Phi) is 7.06. The molecule has 1 aliphatic heterocycles. The first-order chi connectivity index (χ1) is 12.3. The van der Waals surface area contributed by atoms with Crippen molar-refractivity contribution in [3.63, 3.8) is 0 Å². The largest absolute Gasteiger partial charge is 0.381 e. The Morgan fingerprint density at radius 3 is 2.68 bits per heavy atom. The van der Waals surface area contributed by atoms with Crippen LogP contribution in [0.25, 0.3) is 0 Å². The number of amides is 1. The van der Waals surface area contributed by atoms with Gasteiger partial charge in [0, 0.05) is 44.6 Å². The van der Waals surface area contributed by atoms with E-state index in [9.17, 15) is 4.79 Å². The molecule has 25 heavy (non-hydrogen) atoms. The number of hydrogen-bond donors (Lipinski definition) is 2. The first-order valence-corrected chi connectivity index (χ1v) is 9.61. The standard InChI is InChI=1S/C19H30N4O2/c24-19(21-7-8-23-9-11-25-12-10-23)16-13-18(15-20-14-16)22-17-5-3-1-2-4-6-17/h13-15,17,22H,1-12H2,(H,21,24). The van der Waals surface area contributed by atoms with Crippen LogP contribution in [-0.2, 0) is 4.74 Å². The second-order valence-corrected chi connectivity index (χ2v) is 7.01. The quantitative estimate of drug-likeness (QED) is 0.774. The van der Waals surface area contributed by atoms with Gasteiger partial charge in [0.1, 0.15) is 0 Å². The fourth-order valence-corrected chi connectivity index (χ4v) is 3.56. The summed E-state index contributed by atoms with van der Waals surface area (Å²) in [4.78, 5) is 18.9. The number of nitrogens with one attached hydrogen (secondary N) is 2. The van der Waals surface area contributed by atoms with Gasteiger partial charge in [-0.05, 0) is 18.9 Å². The van der Waals surface area contributed by atoms with Gasteiger partial charge < -0.3 is 15.4 Å². The molecule has 2 heterocycles. The number of carbonyl (C=O) groups is 1. The third kappa shape index (κ3) is 5.97. The molecule has 1 amide bonds. The Balaban J connectivity index is 1.47. The molecule has 1 aliphatic carbocycles. The molecule has 3 rings (SSSR count). The molecule has 6 nitrogen and oxygen atoms in total. The highest BCUT2D eigenvalue weighted by molar-refractivity contribution is 5.94. The van der Waals surface area contributed by atoms with Gasteiger partial charge in [-0.2, -0.15) is 0 Å². The second-order valence-electron chi connectivity index (χ2n) is 7.01. The number of carbonyl (C=O) groups excluding carboxylic acids is 1. The number of aromatic nitrogens is 1. The molecule has 0 atom stereocenters. The van der Waals surface area contributed by atoms with Crippen molar-refractivity contribution in [2.75, 3.05) is 44.7 Å². The van der Waals surface area contributed by atoms with Gasteiger partial charge in [-0.15, -0.1) is 0 Å². The lowest BCUT2D eigenvalue weighted by molar-refractivity contribution is 0.0383. The van der Waals surface area contributed by atoms with Gasteiger partial charge in [0.25, 0.3) is 5.91 Å². The summed E-state index contributed by atoms with van der Waals surface area (Å²) in [6.07, 6.45) is 11.1. The van der Waals surface area contributed by atoms with E-state index >= 15 is 0 Å². The summed E-state index contributed by atoms with van der Waals surface area (Å²) in [6.45, 7) is 4.97. The third-order valence-corrected chi connectivity index (χ3v) is 5.04. The van der Waals surface area contributed by atoms with Gasteiger partial charge in [0.05, 0.1) is 24.5 Å². The maximum atomic E-state index is 12.4. The van der Waals surface area contributed by atoms with Crippen molar-refractivity contribution in [2.24, 2.45) is 0 Å². The van der Waals surface area contributed by atoms with Gasteiger partial charge in [-0.25, -0.2) is 0 Å². The van der Waals surface area contributed by atoms with Crippen molar-refractivity contribution >= 4 is 11.6 Å². The predicted octanol–water partition coefficient (Wildman–Crippen LogP) is 2.28. The van der Waals surface area contributed by atoms with Gasteiger partial charge >= 0.3 is 0 Å². The molecule has 2 aliphatic rings. The average molecular weight is 346 g/mol. The highest BCUT2D eigenvalue weighted by atomic mass is 16.5. The minimum absolute atomic E-state index is 0.0507. The lowest BCUT2D eigenvalue weighted by Crippen LogP contribution is -2.41. The fraction of sp³-hybridized carbons (Fsp3) is 0.684. The van der Waals surface area contributed by atoms with E-state index in [2.05, 4.69) is 20.5 Å². The van der Waals surface area contributed by atoms with Crippen molar-refractivity contribution in [1.82, 2.24) is 15.2 Å². The molecule has 1 saturated carbocycles. The van der Waals surface area contributed by atoms with Crippen molar-refractivity contribution in [3.8, 4) is 0 Å². The first kappa shape index (κ1) is 18.1. The SMILES string of the molecule is O=C(NCCN1CCOCC1)c1cncc(NC2CCCCCC2)c1. The number of nitrogens with zero attached hydrogens (tertiary/aromatic N) is 2. The molecule has 0 bridgehead atoms. The van der Waals surface area contributed by atoms with E-state index < -0.39 is 0 Å². The summed E-state index contributed by atoms with van der Waals surface area (Å²) in [7, 11) is 0. The van der Waals surface area contributed by atoms with Crippen LogP contribution in [0.5, 0.6) is 0 Å². The summed E-state index contributed by atoms with van der Waals surface area (Å²) in [6, 6.07) is 2.42. The summed E-state index contributed by atoms with van der Waals surface area (Å²) in [5.74, 6) is -0.0507. The van der Waals surface area contributed by atoms with Gasteiger partial charge in [-0.3, -0.25) is 14.7 Å². The molecule has 6 heteroatoms. The van der Waals surface area contributed by atoms with Crippen LogP contribution in [0.1, 0.15) is 48.9 Å². The number of morpholine rings is 1. The molecule has 0 spiro atoms. The number of hydrogen-bond acceptors (Lipinski definition) is 5. The van der Waals surface area contributed by atoms with Crippen LogP contribution >= 0.6 is 0 Å².